The van der Waals surface area contributed by atoms with Crippen LogP contribution in [0, 0.1) is 0 Å². The van der Waals surface area contributed by atoms with Gasteiger partial charge in [-0.2, -0.15) is 4.68 Å². The lowest BCUT2D eigenvalue weighted by atomic mass is 9.95. The Bertz CT molecular complexity index is 633. The van der Waals surface area contributed by atoms with E-state index in [0.717, 1.165) is 28.3 Å². The van der Waals surface area contributed by atoms with Crippen LogP contribution in [-0.4, -0.2) is 39.0 Å². The standard InChI is InChI=1S/C14H17BrN4O/c1-18(11-5-3-2-4-6-11)14(20)19-13-8-7-10(15)9-12(13)16-17-19/h7-9,11H,2-6H2,1H3. The maximum atomic E-state index is 12.6. The van der Waals surface area contributed by atoms with Crippen LogP contribution in [0.4, 0.5) is 4.79 Å². The van der Waals surface area contributed by atoms with Crippen LogP contribution >= 0.6 is 15.9 Å². The lowest BCUT2D eigenvalue weighted by Crippen LogP contribution is -2.41. The van der Waals surface area contributed by atoms with Gasteiger partial charge in [-0.25, -0.2) is 4.79 Å². The van der Waals surface area contributed by atoms with Crippen molar-refractivity contribution >= 4 is 33.0 Å². The summed E-state index contributed by atoms with van der Waals surface area (Å²) >= 11 is 3.40. The van der Waals surface area contributed by atoms with Gasteiger partial charge in [0.1, 0.15) is 5.52 Å². The Balaban J connectivity index is 1.88. The van der Waals surface area contributed by atoms with Crippen LogP contribution in [0.25, 0.3) is 11.0 Å². The van der Waals surface area contributed by atoms with E-state index in [9.17, 15) is 4.79 Å². The zero-order chi connectivity index (χ0) is 14.1. The number of carbonyl (C=O) groups excluding carboxylic acids is 1. The van der Waals surface area contributed by atoms with Crippen LogP contribution < -0.4 is 0 Å². The van der Waals surface area contributed by atoms with Gasteiger partial charge in [0.15, 0.2) is 0 Å². The number of benzene rings is 1. The third-order valence-electron chi connectivity index (χ3n) is 4.01. The van der Waals surface area contributed by atoms with Gasteiger partial charge in [-0.05, 0) is 31.0 Å². The Morgan fingerprint density at radius 3 is 2.85 bits per heavy atom. The van der Waals surface area contributed by atoms with E-state index in [0.29, 0.717) is 6.04 Å². The zero-order valence-corrected chi connectivity index (χ0v) is 13.0. The molecule has 1 saturated carbocycles. The van der Waals surface area contributed by atoms with Crippen molar-refractivity contribution in [3.63, 3.8) is 0 Å². The van der Waals surface area contributed by atoms with Gasteiger partial charge >= 0.3 is 6.03 Å². The molecule has 0 spiro atoms. The highest BCUT2D eigenvalue weighted by Crippen LogP contribution is 2.23. The summed E-state index contributed by atoms with van der Waals surface area (Å²) in [6, 6.07) is 5.86. The maximum absolute atomic E-state index is 12.6. The molecule has 1 fully saturated rings. The fourth-order valence-electron chi connectivity index (χ4n) is 2.81. The molecule has 20 heavy (non-hydrogen) atoms. The second-order valence-corrected chi connectivity index (χ2v) is 6.24. The minimum absolute atomic E-state index is 0.0956. The molecule has 0 saturated heterocycles. The van der Waals surface area contributed by atoms with Gasteiger partial charge in [0.2, 0.25) is 0 Å². The molecule has 6 heteroatoms. The largest absolute Gasteiger partial charge is 0.346 e. The number of nitrogens with zero attached hydrogens (tertiary/aromatic N) is 4. The molecule has 0 bridgehead atoms. The monoisotopic (exact) mass is 336 g/mol. The van der Waals surface area contributed by atoms with Crippen LogP contribution in [0.2, 0.25) is 0 Å². The smallest absolute Gasteiger partial charge is 0.323 e. The first kappa shape index (κ1) is 13.5. The molecule has 1 aliphatic rings. The molecule has 0 aliphatic heterocycles. The Kier molecular flexibility index (Phi) is 3.74. The van der Waals surface area contributed by atoms with E-state index >= 15 is 0 Å². The second-order valence-electron chi connectivity index (χ2n) is 5.32. The van der Waals surface area contributed by atoms with Crippen LogP contribution in [0.15, 0.2) is 22.7 Å². The fraction of sp³-hybridized carbons (Fsp3) is 0.500. The summed E-state index contributed by atoms with van der Waals surface area (Å²) in [4.78, 5) is 14.4. The number of fused-ring (bicyclic) bond motifs is 1. The average molecular weight is 337 g/mol. The van der Waals surface area contributed by atoms with Crippen LogP contribution in [0.3, 0.4) is 0 Å². The Labute approximate surface area is 126 Å². The van der Waals surface area contributed by atoms with Gasteiger partial charge in [0.05, 0.1) is 5.52 Å². The van der Waals surface area contributed by atoms with E-state index in [4.69, 9.17) is 0 Å². The van der Waals surface area contributed by atoms with Crippen LogP contribution in [0.5, 0.6) is 0 Å². The summed E-state index contributed by atoms with van der Waals surface area (Å²) in [7, 11) is 1.87. The summed E-state index contributed by atoms with van der Waals surface area (Å²) in [6.07, 6.45) is 5.85. The van der Waals surface area contributed by atoms with E-state index in [1.807, 2.05) is 30.1 Å². The van der Waals surface area contributed by atoms with Crippen molar-refractivity contribution in [1.29, 1.82) is 0 Å². The van der Waals surface area contributed by atoms with Crippen LogP contribution in [-0.2, 0) is 0 Å². The first-order valence-electron chi connectivity index (χ1n) is 6.95. The van der Waals surface area contributed by atoms with Gasteiger partial charge in [0, 0.05) is 17.6 Å². The summed E-state index contributed by atoms with van der Waals surface area (Å²) in [5.74, 6) is 0. The fourth-order valence-corrected chi connectivity index (χ4v) is 3.16. The van der Waals surface area contributed by atoms with Crippen molar-refractivity contribution in [1.82, 2.24) is 19.9 Å². The highest BCUT2D eigenvalue weighted by atomic mass is 79.9. The molecule has 0 unspecified atom stereocenters. The second kappa shape index (κ2) is 5.52. The highest BCUT2D eigenvalue weighted by Gasteiger charge is 2.24. The summed E-state index contributed by atoms with van der Waals surface area (Å²) in [5.41, 5.74) is 1.48. The average Bonchev–Trinajstić information content (AvgIpc) is 2.89. The van der Waals surface area contributed by atoms with Gasteiger partial charge in [0.25, 0.3) is 0 Å². The number of amides is 1. The van der Waals surface area contributed by atoms with E-state index < -0.39 is 0 Å². The lowest BCUT2D eigenvalue weighted by Gasteiger charge is -2.30. The molecule has 1 aromatic carbocycles. The first-order chi connectivity index (χ1) is 9.66. The third-order valence-corrected chi connectivity index (χ3v) is 4.51. The maximum Gasteiger partial charge on any atom is 0.346 e. The molecule has 1 aromatic heterocycles. The summed E-state index contributed by atoms with van der Waals surface area (Å²) in [6.45, 7) is 0. The number of hydrogen-bond donors (Lipinski definition) is 0. The van der Waals surface area contributed by atoms with E-state index in [-0.39, 0.29) is 6.03 Å². The van der Waals surface area contributed by atoms with Crippen molar-refractivity contribution in [2.75, 3.05) is 7.05 Å². The number of aromatic nitrogens is 3. The number of rotatable bonds is 1. The molecule has 0 N–H and O–H groups in total. The first-order valence-corrected chi connectivity index (χ1v) is 7.74. The van der Waals surface area contributed by atoms with Gasteiger partial charge in [-0.1, -0.05) is 40.4 Å². The predicted molar refractivity (Wildman–Crippen MR) is 80.7 cm³/mol. The van der Waals surface area contributed by atoms with Gasteiger partial charge in [-0.3, -0.25) is 0 Å². The Morgan fingerprint density at radius 2 is 2.10 bits per heavy atom. The molecular formula is C14H17BrN4O. The lowest BCUT2D eigenvalue weighted by molar-refractivity contribution is 0.173. The molecule has 5 nitrogen and oxygen atoms in total. The minimum atomic E-state index is -0.0956. The van der Waals surface area contributed by atoms with E-state index in [2.05, 4.69) is 26.2 Å². The third kappa shape index (κ3) is 2.44. The minimum Gasteiger partial charge on any atom is -0.323 e. The summed E-state index contributed by atoms with van der Waals surface area (Å²) < 4.78 is 2.33. The molecule has 3 rings (SSSR count). The van der Waals surface area contributed by atoms with Gasteiger partial charge in [-0.15, -0.1) is 5.10 Å². The van der Waals surface area contributed by atoms with Crippen molar-refractivity contribution in [3.05, 3.63) is 22.7 Å². The molecule has 1 amide bonds. The quantitative estimate of drug-likeness (QED) is 0.801. The number of carbonyl (C=O) groups is 1. The van der Waals surface area contributed by atoms with Crippen molar-refractivity contribution in [2.24, 2.45) is 0 Å². The van der Waals surface area contributed by atoms with E-state index in [1.54, 1.807) is 0 Å². The molecular weight excluding hydrogens is 320 g/mol. The molecule has 106 valence electrons. The molecule has 2 aromatic rings. The number of halogens is 1. The summed E-state index contributed by atoms with van der Waals surface area (Å²) in [5, 5.41) is 8.07. The predicted octanol–water partition coefficient (Wildman–Crippen LogP) is 3.43. The topological polar surface area (TPSA) is 51.0 Å². The molecule has 0 radical (unpaired) electrons. The zero-order valence-electron chi connectivity index (χ0n) is 11.4. The highest BCUT2D eigenvalue weighted by molar-refractivity contribution is 9.10. The number of hydrogen-bond acceptors (Lipinski definition) is 3. The molecule has 1 aliphatic carbocycles. The SMILES string of the molecule is CN(C(=O)n1nnc2cc(Br)ccc21)C1CCCCC1. The normalized spacial score (nSPS) is 16.5. The Hall–Kier alpha value is -1.43. The Morgan fingerprint density at radius 1 is 1.35 bits per heavy atom. The van der Waals surface area contributed by atoms with Crippen molar-refractivity contribution in [3.8, 4) is 0 Å². The van der Waals surface area contributed by atoms with E-state index in [1.165, 1.54) is 23.9 Å². The van der Waals surface area contributed by atoms with Crippen LogP contribution in [0.1, 0.15) is 32.1 Å². The van der Waals surface area contributed by atoms with Crippen molar-refractivity contribution < 1.29 is 4.79 Å². The molecule has 1 heterocycles. The van der Waals surface area contributed by atoms with Crippen molar-refractivity contribution in [2.45, 2.75) is 38.1 Å². The molecule has 0 atom stereocenters. The van der Waals surface area contributed by atoms with Gasteiger partial charge < -0.3 is 4.90 Å².